The molecule has 388 valence electrons. The van der Waals surface area contributed by atoms with Crippen molar-refractivity contribution in [2.24, 2.45) is 0 Å². The van der Waals surface area contributed by atoms with Gasteiger partial charge in [0, 0.05) is 35.6 Å². The first-order valence-corrected chi connectivity index (χ1v) is 25.0. The van der Waals surface area contributed by atoms with Crippen LogP contribution in [-0.4, -0.2) is 96.3 Å². The van der Waals surface area contributed by atoms with Crippen LogP contribution in [-0.2, 0) is 31.9 Å². The van der Waals surface area contributed by atoms with E-state index in [2.05, 4.69) is 29.6 Å². The summed E-state index contributed by atoms with van der Waals surface area (Å²) in [7, 11) is 0. The Balaban J connectivity index is 0.000000222. The minimum absolute atomic E-state index is 0.0278. The molecule has 2 aromatic heterocycles. The highest BCUT2D eigenvalue weighted by Crippen LogP contribution is 2.41. The van der Waals surface area contributed by atoms with E-state index in [1.54, 1.807) is 62.1 Å². The minimum Gasteiger partial charge on any atom is -0.475 e. The van der Waals surface area contributed by atoms with Crippen molar-refractivity contribution < 1.29 is 38.4 Å². The average Bonchev–Trinajstić information content (AvgIpc) is 3.66. The molecular formula is C55H58N10O8S2. The van der Waals surface area contributed by atoms with Crippen LogP contribution in [0, 0.1) is 27.0 Å². The Bertz CT molecular complexity index is 3360. The van der Waals surface area contributed by atoms with Crippen molar-refractivity contribution in [3.8, 4) is 11.8 Å². The number of amides is 2. The van der Waals surface area contributed by atoms with Crippen LogP contribution in [0.15, 0.2) is 72.8 Å². The molecule has 2 fully saturated rings. The summed E-state index contributed by atoms with van der Waals surface area (Å²) in [4.78, 5) is 70.9. The number of thiocarbonyl (C=S) groups is 2. The fraction of sp³-hybridized carbons (Fsp3) is 0.364. The van der Waals surface area contributed by atoms with Gasteiger partial charge in [0.1, 0.15) is 48.1 Å². The molecule has 0 unspecified atom stereocenters. The molecule has 4 aromatic carbocycles. The normalized spacial score (nSPS) is 15.0. The van der Waals surface area contributed by atoms with Crippen molar-refractivity contribution in [3.63, 3.8) is 0 Å². The molecule has 0 spiro atoms. The van der Waals surface area contributed by atoms with Crippen LogP contribution in [0.1, 0.15) is 85.1 Å². The molecule has 1 N–H and O–H groups in total. The van der Waals surface area contributed by atoms with Gasteiger partial charge in [-0.05, 0) is 159 Å². The molecule has 8 rings (SSSR count). The standard InChI is InChI=1S/C30H33N5O5S.C25H25N5O3S/c1-9-24-32-23-13-11-20(17-21(23)25(33-24)38-14-15-39-28(37)40-29(3,4)5)35-27(41)34(26(36)30(35,6)7)19-10-12-22(31-8)18(2)16-19;1-6-21-27-20-10-8-17(14-18(20)22(28-21)33-12-11-31)30-24(34)29(23(32)25(30,3)4)16-7-9-19(26-5)15(2)13-16/h10-13,16-17H,9,14-15H2,1-7H3;7-10,13-14,31H,6,11-12H2,1-4H3. The van der Waals surface area contributed by atoms with Gasteiger partial charge in [-0.1, -0.05) is 26.0 Å². The first-order chi connectivity index (χ1) is 35.5. The molecule has 0 radical (unpaired) electrons. The number of nitrogens with zero attached hydrogens (tertiary/aromatic N) is 10. The molecular weight excluding hydrogens is 993 g/mol. The largest absolute Gasteiger partial charge is 0.508 e. The summed E-state index contributed by atoms with van der Waals surface area (Å²) >= 11 is 11.6. The first kappa shape index (κ1) is 54.9. The summed E-state index contributed by atoms with van der Waals surface area (Å²) in [6, 6.07) is 21.6. The van der Waals surface area contributed by atoms with E-state index in [0.717, 1.165) is 11.1 Å². The van der Waals surface area contributed by atoms with Crippen LogP contribution in [0.2, 0.25) is 0 Å². The van der Waals surface area contributed by atoms with Crippen molar-refractivity contribution >= 4 is 109 Å². The summed E-state index contributed by atoms with van der Waals surface area (Å²) in [5, 5.41) is 11.2. The van der Waals surface area contributed by atoms with Gasteiger partial charge in [0.15, 0.2) is 21.6 Å². The van der Waals surface area contributed by atoms with Crippen LogP contribution >= 0.6 is 24.4 Å². The molecule has 2 aliphatic heterocycles. The topological polar surface area (TPSA) is 182 Å². The van der Waals surface area contributed by atoms with Crippen molar-refractivity contribution in [1.29, 1.82) is 0 Å². The van der Waals surface area contributed by atoms with E-state index in [-0.39, 0.29) is 38.2 Å². The molecule has 0 atom stereocenters. The highest BCUT2D eigenvalue weighted by atomic mass is 32.1. The van der Waals surface area contributed by atoms with Gasteiger partial charge in [-0.3, -0.25) is 19.4 Å². The Morgan fingerprint density at radius 3 is 1.43 bits per heavy atom. The van der Waals surface area contributed by atoms with Gasteiger partial charge in [-0.15, -0.1) is 0 Å². The van der Waals surface area contributed by atoms with E-state index >= 15 is 0 Å². The van der Waals surface area contributed by atoms with Crippen LogP contribution in [0.5, 0.6) is 11.8 Å². The maximum absolute atomic E-state index is 13.7. The Morgan fingerprint density at radius 1 is 0.640 bits per heavy atom. The highest BCUT2D eigenvalue weighted by molar-refractivity contribution is 7.81. The maximum atomic E-state index is 13.7. The van der Waals surface area contributed by atoms with E-state index in [0.29, 0.717) is 102 Å². The van der Waals surface area contributed by atoms with E-state index in [9.17, 15) is 19.5 Å². The molecule has 2 amide bonds. The Kier molecular flexibility index (Phi) is 16.0. The minimum atomic E-state index is -0.996. The van der Waals surface area contributed by atoms with Gasteiger partial charge in [-0.25, -0.2) is 24.5 Å². The number of hydrogen-bond donors (Lipinski definition) is 1. The lowest BCUT2D eigenvalue weighted by Gasteiger charge is -2.29. The van der Waals surface area contributed by atoms with E-state index in [1.165, 1.54) is 9.80 Å². The predicted octanol–water partition coefficient (Wildman–Crippen LogP) is 10.6. The van der Waals surface area contributed by atoms with Crippen LogP contribution in [0.25, 0.3) is 31.5 Å². The van der Waals surface area contributed by atoms with Crippen molar-refractivity contribution in [2.75, 3.05) is 46.0 Å². The third kappa shape index (κ3) is 11.1. The third-order valence-corrected chi connectivity index (χ3v) is 13.0. The zero-order chi connectivity index (χ0) is 54.7. The zero-order valence-electron chi connectivity index (χ0n) is 43.8. The Hall–Kier alpha value is -7.91. The van der Waals surface area contributed by atoms with Crippen molar-refractivity contribution in [2.45, 2.75) is 106 Å². The first-order valence-electron chi connectivity index (χ1n) is 24.2. The molecule has 20 heteroatoms. The van der Waals surface area contributed by atoms with Crippen LogP contribution in [0.3, 0.4) is 0 Å². The second-order valence-electron chi connectivity index (χ2n) is 19.5. The number of anilines is 4. The molecule has 18 nitrogen and oxygen atoms in total. The maximum Gasteiger partial charge on any atom is 0.508 e. The molecule has 0 aliphatic carbocycles. The number of ether oxygens (including phenoxy) is 4. The molecule has 4 heterocycles. The van der Waals surface area contributed by atoms with Gasteiger partial charge in [0.25, 0.3) is 11.8 Å². The van der Waals surface area contributed by atoms with Crippen LogP contribution in [0.4, 0.5) is 38.9 Å². The molecule has 0 bridgehead atoms. The lowest BCUT2D eigenvalue weighted by Crippen LogP contribution is -2.44. The molecule has 75 heavy (non-hydrogen) atoms. The van der Waals surface area contributed by atoms with Gasteiger partial charge in [0.2, 0.25) is 11.8 Å². The lowest BCUT2D eigenvalue weighted by atomic mass is 10.0. The smallest absolute Gasteiger partial charge is 0.475 e. The Morgan fingerprint density at radius 2 is 1.05 bits per heavy atom. The number of carbonyl (C=O) groups is 3. The quantitative estimate of drug-likeness (QED) is 0.0499. The number of benzene rings is 4. The number of carbonyl (C=O) groups excluding carboxylic acids is 3. The van der Waals surface area contributed by atoms with Gasteiger partial charge < -0.3 is 33.9 Å². The van der Waals surface area contributed by atoms with Gasteiger partial charge in [-0.2, -0.15) is 9.97 Å². The van der Waals surface area contributed by atoms with Crippen LogP contribution < -0.4 is 29.1 Å². The van der Waals surface area contributed by atoms with Gasteiger partial charge in [0.05, 0.1) is 41.6 Å². The summed E-state index contributed by atoms with van der Waals surface area (Å²) in [6.07, 6.45) is 0.468. The number of aliphatic hydroxyl groups excluding tert-OH is 1. The SMILES string of the molecule is [C-]#[N+]c1ccc(N2C(=O)C(C)(C)N(c3ccc4nc(CC)nc(OCCO)c4c3)C2=S)cc1C.[C-]#[N+]c1ccc(N2C(=O)C(C)(C)N(c3ccc4nc(CC)nc(OCCOC(=O)OC(C)(C)C)c4c3)C2=S)cc1C. The van der Waals surface area contributed by atoms with E-state index < -0.39 is 22.8 Å². The Labute approximate surface area is 446 Å². The molecule has 6 aromatic rings. The molecule has 2 aliphatic rings. The number of aromatic nitrogens is 4. The number of hydrogen-bond acceptors (Lipinski definition) is 14. The highest BCUT2D eigenvalue weighted by Gasteiger charge is 2.51. The van der Waals surface area contributed by atoms with Gasteiger partial charge >= 0.3 is 6.16 Å². The predicted molar refractivity (Wildman–Crippen MR) is 296 cm³/mol. The number of fused-ring (bicyclic) bond motifs is 2. The second-order valence-corrected chi connectivity index (χ2v) is 20.3. The number of aliphatic hydroxyl groups is 1. The number of rotatable bonds is 13. The fourth-order valence-electron chi connectivity index (χ4n) is 8.49. The third-order valence-electron chi connectivity index (χ3n) is 12.2. The fourth-order valence-corrected chi connectivity index (χ4v) is 9.53. The van der Waals surface area contributed by atoms with Crippen molar-refractivity contribution in [1.82, 2.24) is 19.9 Å². The van der Waals surface area contributed by atoms with Crippen molar-refractivity contribution in [3.05, 3.63) is 118 Å². The molecule has 2 saturated heterocycles. The summed E-state index contributed by atoms with van der Waals surface area (Å²) < 4.78 is 21.9. The molecule has 0 saturated carbocycles. The monoisotopic (exact) mass is 1050 g/mol. The average molecular weight is 1050 g/mol. The van der Waals surface area contributed by atoms with E-state index in [4.69, 9.17) is 56.5 Å². The summed E-state index contributed by atoms with van der Waals surface area (Å²) in [5.41, 5.74) is 3.96. The second kappa shape index (κ2) is 21.9. The summed E-state index contributed by atoms with van der Waals surface area (Å²) in [5.74, 6) is 1.61. The lowest BCUT2D eigenvalue weighted by molar-refractivity contribution is -0.121. The number of aryl methyl sites for hydroxylation is 4. The van der Waals surface area contributed by atoms with E-state index in [1.807, 2.05) is 96.7 Å². The summed E-state index contributed by atoms with van der Waals surface area (Å²) in [6.45, 7) is 34.7. The zero-order valence-corrected chi connectivity index (χ0v) is 45.4.